The second kappa shape index (κ2) is 15.9. The summed E-state index contributed by atoms with van der Waals surface area (Å²) in [5.74, 6) is 0. The first-order valence-electron chi connectivity index (χ1n) is 13.5. The van der Waals surface area contributed by atoms with Crippen LogP contribution in [0.4, 0.5) is 0 Å². The molecule has 2 N–H and O–H groups in total. The number of imidazole rings is 1. The van der Waals surface area contributed by atoms with Crippen molar-refractivity contribution in [3.63, 3.8) is 0 Å². The summed E-state index contributed by atoms with van der Waals surface area (Å²) in [5, 5.41) is 13.4. The quantitative estimate of drug-likeness (QED) is 0.300. The van der Waals surface area contributed by atoms with Gasteiger partial charge in [-0.05, 0) is 25.8 Å². The summed E-state index contributed by atoms with van der Waals surface area (Å²) in [6, 6.07) is 0. The molecular formula is C26H47N5O3. The monoisotopic (exact) mass is 477 g/mol. The lowest BCUT2D eigenvalue weighted by molar-refractivity contribution is 0.158. The van der Waals surface area contributed by atoms with Crippen molar-refractivity contribution < 1.29 is 5.11 Å². The number of rotatable bonds is 19. The summed E-state index contributed by atoms with van der Waals surface area (Å²) < 4.78 is 4.48. The standard InChI is InChI=1S/C26H47N5O3/c1-4-5-6-7-11-14-17-22(32)20-27-18-15-12-9-8-10-13-16-19-31-25(33)23-24(28-21-29(23)2)30(3)26(31)34/h21-22,27,32H,4-20H2,1-3H3. The van der Waals surface area contributed by atoms with Gasteiger partial charge in [-0.2, -0.15) is 0 Å². The third-order valence-corrected chi connectivity index (χ3v) is 6.71. The lowest BCUT2D eigenvalue weighted by Gasteiger charge is -2.11. The summed E-state index contributed by atoms with van der Waals surface area (Å²) in [7, 11) is 3.44. The highest BCUT2D eigenvalue weighted by Crippen LogP contribution is 2.10. The Hall–Kier alpha value is -1.93. The van der Waals surface area contributed by atoms with Gasteiger partial charge in [-0.25, -0.2) is 9.78 Å². The number of nitrogens with zero attached hydrogens (tertiary/aromatic N) is 4. The number of hydrogen-bond donors (Lipinski definition) is 2. The molecule has 0 radical (unpaired) electrons. The molecule has 0 saturated carbocycles. The third-order valence-electron chi connectivity index (χ3n) is 6.71. The van der Waals surface area contributed by atoms with E-state index >= 15 is 0 Å². The Bertz CT molecular complexity index is 946. The first-order valence-corrected chi connectivity index (χ1v) is 13.5. The van der Waals surface area contributed by atoms with E-state index in [4.69, 9.17) is 0 Å². The first kappa shape index (κ1) is 28.3. The summed E-state index contributed by atoms with van der Waals surface area (Å²) >= 11 is 0. The Morgan fingerprint density at radius 1 is 0.912 bits per heavy atom. The molecule has 1 unspecified atom stereocenters. The molecule has 0 saturated heterocycles. The third kappa shape index (κ3) is 9.02. The van der Waals surface area contributed by atoms with Crippen molar-refractivity contribution in [2.75, 3.05) is 13.1 Å². The Morgan fingerprint density at radius 2 is 1.53 bits per heavy atom. The largest absolute Gasteiger partial charge is 0.392 e. The van der Waals surface area contributed by atoms with Gasteiger partial charge >= 0.3 is 5.69 Å². The predicted molar refractivity (Wildman–Crippen MR) is 139 cm³/mol. The van der Waals surface area contributed by atoms with Crippen LogP contribution in [0.5, 0.6) is 0 Å². The van der Waals surface area contributed by atoms with Crippen LogP contribution in [-0.4, -0.2) is 43.0 Å². The van der Waals surface area contributed by atoms with E-state index in [0.717, 1.165) is 45.1 Å². The summed E-state index contributed by atoms with van der Waals surface area (Å²) in [5.41, 5.74) is 0.379. The van der Waals surface area contributed by atoms with E-state index in [1.165, 1.54) is 60.5 Å². The van der Waals surface area contributed by atoms with Crippen LogP contribution >= 0.6 is 0 Å². The summed E-state index contributed by atoms with van der Waals surface area (Å²) in [6.07, 6.45) is 17.5. The van der Waals surface area contributed by atoms with Gasteiger partial charge in [-0.3, -0.25) is 13.9 Å². The molecule has 0 fully saturated rings. The second-order valence-corrected chi connectivity index (χ2v) is 9.72. The Balaban J connectivity index is 1.48. The van der Waals surface area contributed by atoms with Crippen LogP contribution in [0.3, 0.4) is 0 Å². The predicted octanol–water partition coefficient (Wildman–Crippen LogP) is 3.87. The van der Waals surface area contributed by atoms with E-state index < -0.39 is 0 Å². The van der Waals surface area contributed by atoms with Crippen molar-refractivity contribution in [2.45, 2.75) is 109 Å². The smallest absolute Gasteiger partial charge is 0.332 e. The highest BCUT2D eigenvalue weighted by molar-refractivity contribution is 5.69. The number of aliphatic hydroxyl groups is 1. The zero-order chi connectivity index (χ0) is 24.8. The molecule has 0 amide bonds. The van der Waals surface area contributed by atoms with E-state index in [1.54, 1.807) is 25.0 Å². The van der Waals surface area contributed by atoms with Gasteiger partial charge in [0.25, 0.3) is 5.56 Å². The van der Waals surface area contributed by atoms with Gasteiger partial charge in [-0.1, -0.05) is 77.6 Å². The first-order chi connectivity index (χ1) is 16.5. The van der Waals surface area contributed by atoms with Crippen LogP contribution in [0.15, 0.2) is 15.9 Å². The van der Waals surface area contributed by atoms with Crippen LogP contribution in [0.1, 0.15) is 96.8 Å². The topological polar surface area (TPSA) is 94.1 Å². The van der Waals surface area contributed by atoms with Crippen LogP contribution in [-0.2, 0) is 20.6 Å². The number of fused-ring (bicyclic) bond motifs is 1. The zero-order valence-electron chi connectivity index (χ0n) is 21.7. The number of nitrogens with one attached hydrogen (secondary N) is 1. The van der Waals surface area contributed by atoms with Crippen molar-refractivity contribution in [1.29, 1.82) is 0 Å². The van der Waals surface area contributed by atoms with Gasteiger partial charge in [0.15, 0.2) is 11.2 Å². The lowest BCUT2D eigenvalue weighted by Crippen LogP contribution is -2.39. The molecule has 0 aromatic carbocycles. The molecule has 0 spiro atoms. The molecule has 2 aromatic heterocycles. The van der Waals surface area contributed by atoms with Crippen molar-refractivity contribution in [2.24, 2.45) is 14.1 Å². The van der Waals surface area contributed by atoms with Crippen LogP contribution in [0.2, 0.25) is 0 Å². The second-order valence-electron chi connectivity index (χ2n) is 9.72. The molecule has 1 atom stereocenters. The van der Waals surface area contributed by atoms with E-state index in [0.29, 0.717) is 24.3 Å². The minimum Gasteiger partial charge on any atom is -0.392 e. The van der Waals surface area contributed by atoms with Gasteiger partial charge in [0.1, 0.15) is 0 Å². The molecule has 8 heteroatoms. The maximum Gasteiger partial charge on any atom is 0.332 e. The maximum absolute atomic E-state index is 12.7. The van der Waals surface area contributed by atoms with Crippen LogP contribution < -0.4 is 16.6 Å². The highest BCUT2D eigenvalue weighted by atomic mass is 16.3. The lowest BCUT2D eigenvalue weighted by atomic mass is 10.1. The van der Waals surface area contributed by atoms with Gasteiger partial charge in [0.05, 0.1) is 12.4 Å². The van der Waals surface area contributed by atoms with Gasteiger partial charge in [-0.15, -0.1) is 0 Å². The Morgan fingerprint density at radius 3 is 2.24 bits per heavy atom. The van der Waals surface area contributed by atoms with E-state index in [2.05, 4.69) is 17.2 Å². The number of unbranched alkanes of at least 4 members (excludes halogenated alkanes) is 11. The average molecular weight is 478 g/mol. The van der Waals surface area contributed by atoms with E-state index in [1.807, 2.05) is 0 Å². The molecule has 0 bridgehead atoms. The number of hydrogen-bond acceptors (Lipinski definition) is 5. The molecule has 2 rings (SSSR count). The summed E-state index contributed by atoms with van der Waals surface area (Å²) in [6.45, 7) is 4.37. The van der Waals surface area contributed by atoms with Gasteiger partial charge in [0, 0.05) is 27.2 Å². The molecule has 0 aliphatic carbocycles. The number of aromatic nitrogens is 4. The average Bonchev–Trinajstić information content (AvgIpc) is 3.21. The number of aliphatic hydroxyl groups excluding tert-OH is 1. The van der Waals surface area contributed by atoms with Crippen molar-refractivity contribution in [1.82, 2.24) is 24.0 Å². The Kier molecular flexibility index (Phi) is 13.2. The highest BCUT2D eigenvalue weighted by Gasteiger charge is 2.14. The molecule has 34 heavy (non-hydrogen) atoms. The SMILES string of the molecule is CCCCCCCCC(O)CNCCCCCCCCCn1c(=O)c2c(ncn2C)n(C)c1=O. The van der Waals surface area contributed by atoms with Crippen molar-refractivity contribution in [3.8, 4) is 0 Å². The zero-order valence-corrected chi connectivity index (χ0v) is 21.7. The molecule has 2 aromatic rings. The van der Waals surface area contributed by atoms with Gasteiger partial charge < -0.3 is 15.0 Å². The van der Waals surface area contributed by atoms with Crippen molar-refractivity contribution >= 4 is 11.2 Å². The molecule has 0 aliphatic rings. The minimum absolute atomic E-state index is 0.214. The van der Waals surface area contributed by atoms with E-state index in [9.17, 15) is 14.7 Å². The summed E-state index contributed by atoms with van der Waals surface area (Å²) in [4.78, 5) is 29.4. The number of aryl methyl sites for hydroxylation is 2. The van der Waals surface area contributed by atoms with E-state index in [-0.39, 0.29) is 17.4 Å². The molecular weight excluding hydrogens is 430 g/mol. The van der Waals surface area contributed by atoms with Crippen molar-refractivity contribution in [3.05, 3.63) is 27.2 Å². The fourth-order valence-electron chi connectivity index (χ4n) is 4.53. The molecule has 194 valence electrons. The fourth-order valence-corrected chi connectivity index (χ4v) is 4.53. The molecule has 8 nitrogen and oxygen atoms in total. The minimum atomic E-state index is -0.291. The Labute approximate surface area is 204 Å². The van der Waals surface area contributed by atoms with Gasteiger partial charge in [0.2, 0.25) is 0 Å². The maximum atomic E-state index is 12.7. The fraction of sp³-hybridized carbons (Fsp3) is 0.808. The van der Waals surface area contributed by atoms with Crippen LogP contribution in [0.25, 0.3) is 11.2 Å². The van der Waals surface area contributed by atoms with Crippen LogP contribution in [0, 0.1) is 0 Å². The normalized spacial score (nSPS) is 12.6. The molecule has 2 heterocycles. The molecule has 0 aliphatic heterocycles.